The molecule has 2 rings (SSSR count). The quantitative estimate of drug-likeness (QED) is 0.883. The Hall–Kier alpha value is -1.55. The maximum Gasteiger partial charge on any atom is 0.261 e. The second kappa shape index (κ2) is 6.75. The Bertz CT molecular complexity index is 462. The Morgan fingerprint density at radius 2 is 2.30 bits per heavy atom. The Kier molecular flexibility index (Phi) is 5.01. The van der Waals surface area contributed by atoms with Crippen LogP contribution in [0.2, 0.25) is 0 Å². The lowest BCUT2D eigenvalue weighted by Gasteiger charge is -2.31. The summed E-state index contributed by atoms with van der Waals surface area (Å²) < 4.78 is 5.70. The van der Waals surface area contributed by atoms with Crippen LogP contribution >= 0.6 is 0 Å². The minimum atomic E-state index is -0.481. The first-order valence-corrected chi connectivity index (χ1v) is 7.30. The van der Waals surface area contributed by atoms with E-state index in [2.05, 4.69) is 17.6 Å². The van der Waals surface area contributed by atoms with Gasteiger partial charge in [-0.1, -0.05) is 19.1 Å². The molecular formula is C16H24N2O2. The van der Waals surface area contributed by atoms with Crippen LogP contribution in [0, 0.1) is 12.8 Å². The third-order valence-electron chi connectivity index (χ3n) is 3.83. The fraction of sp³-hybridized carbons (Fsp3) is 0.562. The van der Waals surface area contributed by atoms with Gasteiger partial charge in [-0.25, -0.2) is 0 Å². The number of nitrogens with one attached hydrogen (secondary N) is 2. The van der Waals surface area contributed by atoms with Crippen LogP contribution in [0.15, 0.2) is 24.3 Å². The zero-order valence-electron chi connectivity index (χ0n) is 12.5. The molecule has 0 aliphatic carbocycles. The average molecular weight is 276 g/mol. The van der Waals surface area contributed by atoms with E-state index >= 15 is 0 Å². The maximum absolute atomic E-state index is 12.2. The van der Waals surface area contributed by atoms with Crippen LogP contribution in [-0.4, -0.2) is 31.1 Å². The van der Waals surface area contributed by atoms with E-state index in [-0.39, 0.29) is 11.9 Å². The summed E-state index contributed by atoms with van der Waals surface area (Å²) in [6.45, 7) is 7.84. The summed E-state index contributed by atoms with van der Waals surface area (Å²) in [5, 5.41) is 6.39. The first-order chi connectivity index (χ1) is 9.56. The maximum atomic E-state index is 12.2. The SMILES string of the molecule is Cc1cccc(OC(C)C(=O)NC2CNCCC2C)c1. The zero-order valence-corrected chi connectivity index (χ0v) is 12.5. The number of aryl methyl sites for hydroxylation is 1. The fourth-order valence-electron chi connectivity index (χ4n) is 2.43. The number of piperidine rings is 1. The van der Waals surface area contributed by atoms with Crippen LogP contribution in [0.1, 0.15) is 25.8 Å². The number of hydrogen-bond acceptors (Lipinski definition) is 3. The topological polar surface area (TPSA) is 50.4 Å². The van der Waals surface area contributed by atoms with Gasteiger partial charge in [-0.15, -0.1) is 0 Å². The number of hydrogen-bond donors (Lipinski definition) is 2. The van der Waals surface area contributed by atoms with Crippen LogP contribution in [0.5, 0.6) is 5.75 Å². The Morgan fingerprint density at radius 3 is 3.00 bits per heavy atom. The minimum absolute atomic E-state index is 0.0490. The number of carbonyl (C=O) groups is 1. The number of amides is 1. The molecule has 4 nitrogen and oxygen atoms in total. The van der Waals surface area contributed by atoms with E-state index in [1.54, 1.807) is 6.92 Å². The van der Waals surface area contributed by atoms with Crippen molar-refractivity contribution in [3.8, 4) is 5.75 Å². The highest BCUT2D eigenvalue weighted by molar-refractivity contribution is 5.81. The van der Waals surface area contributed by atoms with E-state index in [1.807, 2.05) is 31.2 Å². The van der Waals surface area contributed by atoms with Crippen molar-refractivity contribution in [2.45, 2.75) is 39.3 Å². The molecule has 1 saturated heterocycles. The summed E-state index contributed by atoms with van der Waals surface area (Å²) in [6.07, 6.45) is 0.615. The summed E-state index contributed by atoms with van der Waals surface area (Å²) >= 11 is 0. The lowest BCUT2D eigenvalue weighted by atomic mass is 9.95. The molecule has 3 unspecified atom stereocenters. The number of carbonyl (C=O) groups excluding carboxylic acids is 1. The van der Waals surface area contributed by atoms with Crippen LogP contribution in [-0.2, 0) is 4.79 Å². The van der Waals surface area contributed by atoms with Gasteiger partial charge in [0.15, 0.2) is 6.10 Å². The smallest absolute Gasteiger partial charge is 0.261 e. The molecular weight excluding hydrogens is 252 g/mol. The standard InChI is InChI=1S/C16H24N2O2/c1-11-5-4-6-14(9-11)20-13(3)16(19)18-15-10-17-8-7-12(15)2/h4-6,9,12-13,15,17H,7-8,10H2,1-3H3,(H,18,19). The molecule has 1 heterocycles. The van der Waals surface area contributed by atoms with Crippen molar-refractivity contribution in [2.75, 3.05) is 13.1 Å². The molecule has 1 aromatic rings. The predicted molar refractivity (Wildman–Crippen MR) is 79.9 cm³/mol. The van der Waals surface area contributed by atoms with E-state index in [1.165, 1.54) is 0 Å². The van der Waals surface area contributed by atoms with Crippen molar-refractivity contribution in [1.29, 1.82) is 0 Å². The monoisotopic (exact) mass is 276 g/mol. The molecule has 0 spiro atoms. The molecule has 2 N–H and O–H groups in total. The van der Waals surface area contributed by atoms with Crippen LogP contribution in [0.25, 0.3) is 0 Å². The molecule has 110 valence electrons. The summed E-state index contributed by atoms with van der Waals surface area (Å²) in [7, 11) is 0. The third kappa shape index (κ3) is 3.97. The number of rotatable bonds is 4. The van der Waals surface area contributed by atoms with Gasteiger partial charge < -0.3 is 15.4 Å². The van der Waals surface area contributed by atoms with Crippen LogP contribution < -0.4 is 15.4 Å². The fourth-order valence-corrected chi connectivity index (χ4v) is 2.43. The Morgan fingerprint density at radius 1 is 1.50 bits per heavy atom. The van der Waals surface area contributed by atoms with E-state index in [4.69, 9.17) is 4.74 Å². The van der Waals surface area contributed by atoms with Gasteiger partial charge in [-0.2, -0.15) is 0 Å². The molecule has 1 amide bonds. The third-order valence-corrected chi connectivity index (χ3v) is 3.83. The van der Waals surface area contributed by atoms with Crippen molar-refractivity contribution in [3.05, 3.63) is 29.8 Å². The van der Waals surface area contributed by atoms with Crippen molar-refractivity contribution >= 4 is 5.91 Å². The lowest BCUT2D eigenvalue weighted by Crippen LogP contribution is -2.52. The molecule has 0 aromatic heterocycles. The van der Waals surface area contributed by atoms with Crippen LogP contribution in [0.3, 0.4) is 0 Å². The Balaban J connectivity index is 1.88. The van der Waals surface area contributed by atoms with Gasteiger partial charge in [0.1, 0.15) is 5.75 Å². The summed E-state index contributed by atoms with van der Waals surface area (Å²) in [5.41, 5.74) is 1.13. The second-order valence-corrected chi connectivity index (χ2v) is 5.66. The second-order valence-electron chi connectivity index (χ2n) is 5.66. The van der Waals surface area contributed by atoms with Gasteiger partial charge in [0.25, 0.3) is 5.91 Å². The van der Waals surface area contributed by atoms with E-state index < -0.39 is 6.10 Å². The molecule has 0 radical (unpaired) electrons. The molecule has 1 aliphatic heterocycles. The molecule has 1 aliphatic rings. The van der Waals surface area contributed by atoms with E-state index in [9.17, 15) is 4.79 Å². The number of ether oxygens (including phenoxy) is 1. The van der Waals surface area contributed by atoms with Crippen molar-refractivity contribution in [2.24, 2.45) is 5.92 Å². The van der Waals surface area contributed by atoms with Gasteiger partial charge in [0, 0.05) is 12.6 Å². The molecule has 4 heteroatoms. The van der Waals surface area contributed by atoms with Gasteiger partial charge in [-0.05, 0) is 50.4 Å². The summed E-state index contributed by atoms with van der Waals surface area (Å²) in [6, 6.07) is 7.95. The molecule has 20 heavy (non-hydrogen) atoms. The first kappa shape index (κ1) is 14.9. The molecule has 0 bridgehead atoms. The van der Waals surface area contributed by atoms with E-state index in [0.717, 1.165) is 30.8 Å². The normalized spacial score (nSPS) is 23.9. The van der Waals surface area contributed by atoms with Crippen LogP contribution in [0.4, 0.5) is 0 Å². The molecule has 0 saturated carbocycles. The van der Waals surface area contributed by atoms with Gasteiger partial charge in [-0.3, -0.25) is 4.79 Å². The highest BCUT2D eigenvalue weighted by Gasteiger charge is 2.25. The molecule has 1 aromatic carbocycles. The van der Waals surface area contributed by atoms with Gasteiger partial charge >= 0.3 is 0 Å². The summed E-state index contributed by atoms with van der Waals surface area (Å²) in [5.74, 6) is 1.20. The van der Waals surface area contributed by atoms with E-state index in [0.29, 0.717) is 5.92 Å². The van der Waals surface area contributed by atoms with Crippen molar-refractivity contribution < 1.29 is 9.53 Å². The summed E-state index contributed by atoms with van der Waals surface area (Å²) in [4.78, 5) is 12.2. The van der Waals surface area contributed by atoms with Gasteiger partial charge in [0.05, 0.1) is 0 Å². The Labute approximate surface area is 120 Å². The number of benzene rings is 1. The highest BCUT2D eigenvalue weighted by Crippen LogP contribution is 2.15. The average Bonchev–Trinajstić information content (AvgIpc) is 2.41. The minimum Gasteiger partial charge on any atom is -0.481 e. The predicted octanol–water partition coefficient (Wildman–Crippen LogP) is 1.88. The van der Waals surface area contributed by atoms with Gasteiger partial charge in [0.2, 0.25) is 0 Å². The molecule has 3 atom stereocenters. The lowest BCUT2D eigenvalue weighted by molar-refractivity contribution is -0.128. The largest absolute Gasteiger partial charge is 0.481 e. The highest BCUT2D eigenvalue weighted by atomic mass is 16.5. The molecule has 1 fully saturated rings. The van der Waals surface area contributed by atoms with Crippen molar-refractivity contribution in [3.63, 3.8) is 0 Å². The van der Waals surface area contributed by atoms with Crippen molar-refractivity contribution in [1.82, 2.24) is 10.6 Å². The zero-order chi connectivity index (χ0) is 14.5. The first-order valence-electron chi connectivity index (χ1n) is 7.30.